The van der Waals surface area contributed by atoms with E-state index >= 15 is 0 Å². The summed E-state index contributed by atoms with van der Waals surface area (Å²) in [6.07, 6.45) is -5.27. The summed E-state index contributed by atoms with van der Waals surface area (Å²) in [7, 11) is 0. The van der Waals surface area contributed by atoms with Crippen LogP contribution < -0.4 is 0 Å². The summed E-state index contributed by atoms with van der Waals surface area (Å²) in [6.45, 7) is 4.27. The number of aliphatic hydroxyl groups excluding tert-OH is 5. The zero-order chi connectivity index (χ0) is 27.7. The Kier molecular flexibility index (Phi) is 9.85. The zero-order valence-electron chi connectivity index (χ0n) is 22.9. The Bertz CT molecular complexity index is 782. The van der Waals surface area contributed by atoms with Crippen LogP contribution in [-0.2, 0) is 33.2 Å². The molecule has 0 aromatic rings. The van der Waals surface area contributed by atoms with Gasteiger partial charge in [-0.25, -0.2) is 0 Å². The highest BCUT2D eigenvalue weighted by atomic mass is 16.8. The molecule has 0 bridgehead atoms. The largest absolute Gasteiger partial charge is 0.394 e. The van der Waals surface area contributed by atoms with E-state index in [0.717, 1.165) is 38.5 Å². The summed E-state index contributed by atoms with van der Waals surface area (Å²) >= 11 is 0. The second-order valence-corrected chi connectivity index (χ2v) is 11.7. The first-order valence-corrected chi connectivity index (χ1v) is 14.6. The van der Waals surface area contributed by atoms with Crippen molar-refractivity contribution in [2.45, 2.75) is 145 Å². The molecule has 4 heterocycles. The van der Waals surface area contributed by atoms with Crippen LogP contribution in [0.2, 0.25) is 0 Å². The van der Waals surface area contributed by atoms with Crippen LogP contribution in [0.15, 0.2) is 0 Å². The van der Waals surface area contributed by atoms with Crippen molar-refractivity contribution >= 4 is 0 Å². The average Bonchev–Trinajstić information content (AvgIpc) is 3.02. The molecular weight excluding hydrogens is 516 g/mol. The van der Waals surface area contributed by atoms with Crippen LogP contribution in [-0.4, -0.2) is 125 Å². The lowest BCUT2D eigenvalue weighted by atomic mass is 9.82. The molecule has 1 aliphatic carbocycles. The van der Waals surface area contributed by atoms with Crippen molar-refractivity contribution in [3.63, 3.8) is 0 Å². The van der Waals surface area contributed by atoms with E-state index in [1.807, 2.05) is 0 Å². The quantitative estimate of drug-likeness (QED) is 0.293. The fourth-order valence-electron chi connectivity index (χ4n) is 6.55. The van der Waals surface area contributed by atoms with Crippen molar-refractivity contribution in [1.82, 2.24) is 0 Å². The average molecular weight is 563 g/mol. The van der Waals surface area contributed by atoms with Gasteiger partial charge in [0.25, 0.3) is 0 Å². The highest BCUT2D eigenvalue weighted by Gasteiger charge is 2.54. The Morgan fingerprint density at radius 2 is 1.62 bits per heavy atom. The van der Waals surface area contributed by atoms with Crippen LogP contribution in [0.1, 0.15) is 65.2 Å². The molecule has 0 aromatic carbocycles. The van der Waals surface area contributed by atoms with Gasteiger partial charge in [0.1, 0.15) is 42.7 Å². The summed E-state index contributed by atoms with van der Waals surface area (Å²) < 4.78 is 43.1. The van der Waals surface area contributed by atoms with Gasteiger partial charge in [0, 0.05) is 19.4 Å². The topological polar surface area (TPSA) is 166 Å². The lowest BCUT2D eigenvalue weighted by Gasteiger charge is -2.50. The van der Waals surface area contributed by atoms with Crippen LogP contribution in [0.4, 0.5) is 0 Å². The van der Waals surface area contributed by atoms with Crippen LogP contribution in [0.5, 0.6) is 0 Å². The molecule has 12 nitrogen and oxygen atoms in total. The third kappa shape index (κ3) is 6.18. The van der Waals surface area contributed by atoms with E-state index in [1.165, 1.54) is 0 Å². The van der Waals surface area contributed by atoms with E-state index in [2.05, 4.69) is 6.92 Å². The highest BCUT2D eigenvalue weighted by molar-refractivity contribution is 4.96. The number of hydrogen-bond donors (Lipinski definition) is 5. The third-order valence-corrected chi connectivity index (χ3v) is 9.09. The number of ether oxygens (including phenoxy) is 7. The highest BCUT2D eigenvalue weighted by Crippen LogP contribution is 2.41. The number of rotatable bonds is 6. The molecule has 6 unspecified atom stereocenters. The number of hydrogen-bond acceptors (Lipinski definition) is 12. The summed E-state index contributed by atoms with van der Waals surface area (Å²) in [5.74, 6) is -0.693. The van der Waals surface area contributed by atoms with E-state index in [-0.39, 0.29) is 5.92 Å². The number of aliphatic hydroxyl groups is 5. The fraction of sp³-hybridized carbons (Fsp3) is 1.00. The number of fused-ring (bicyclic) bond motifs is 1. The lowest BCUT2D eigenvalue weighted by molar-refractivity contribution is -0.390. The second kappa shape index (κ2) is 12.8. The van der Waals surface area contributed by atoms with Gasteiger partial charge in [-0.2, -0.15) is 0 Å². The Morgan fingerprint density at radius 1 is 0.821 bits per heavy atom. The molecule has 1 spiro atoms. The molecule has 1 saturated carbocycles. The van der Waals surface area contributed by atoms with Gasteiger partial charge in [-0.1, -0.05) is 19.8 Å². The summed E-state index contributed by atoms with van der Waals surface area (Å²) in [5, 5.41) is 52.1. The van der Waals surface area contributed by atoms with E-state index < -0.39 is 86.0 Å². The van der Waals surface area contributed by atoms with Crippen molar-refractivity contribution in [3.8, 4) is 0 Å². The Hall–Kier alpha value is -0.480. The molecule has 5 rings (SSSR count). The summed E-state index contributed by atoms with van der Waals surface area (Å²) in [4.78, 5) is 0. The predicted molar refractivity (Wildman–Crippen MR) is 133 cm³/mol. The van der Waals surface area contributed by atoms with E-state index in [9.17, 15) is 25.5 Å². The van der Waals surface area contributed by atoms with Crippen LogP contribution in [0.3, 0.4) is 0 Å². The first kappa shape index (κ1) is 30.0. The molecule has 0 radical (unpaired) electrons. The minimum absolute atomic E-state index is 0.0850. The van der Waals surface area contributed by atoms with Gasteiger partial charge in [-0.15, -0.1) is 0 Å². The maximum atomic E-state index is 11.1. The lowest BCUT2D eigenvalue weighted by Crippen LogP contribution is -2.65. The van der Waals surface area contributed by atoms with Crippen molar-refractivity contribution in [2.24, 2.45) is 5.92 Å². The molecular formula is C27H46O12. The van der Waals surface area contributed by atoms with Crippen molar-refractivity contribution in [2.75, 3.05) is 19.8 Å². The van der Waals surface area contributed by atoms with Gasteiger partial charge < -0.3 is 58.7 Å². The van der Waals surface area contributed by atoms with Gasteiger partial charge in [-0.05, 0) is 38.5 Å². The molecule has 4 saturated heterocycles. The SMILES string of the molecule is CC[C@@H]1CCC[C@@H](O[C@@H]2OC(CO)[C@H](O)C3O[C@@]4(CCCCOC32)CCO4)C1O[C@@H]1OC(C)[C@@H](O)C(O)[C@@H]1O. The maximum absolute atomic E-state index is 11.1. The maximum Gasteiger partial charge on any atom is 0.187 e. The molecule has 39 heavy (non-hydrogen) atoms. The summed E-state index contributed by atoms with van der Waals surface area (Å²) in [5.41, 5.74) is 0. The smallest absolute Gasteiger partial charge is 0.187 e. The molecule has 226 valence electrons. The molecule has 0 amide bonds. The predicted octanol–water partition coefficient (Wildman–Crippen LogP) is -0.0566. The van der Waals surface area contributed by atoms with Crippen molar-refractivity contribution in [3.05, 3.63) is 0 Å². The van der Waals surface area contributed by atoms with Gasteiger partial charge in [0.2, 0.25) is 0 Å². The zero-order valence-corrected chi connectivity index (χ0v) is 22.9. The Balaban J connectivity index is 1.36. The van der Waals surface area contributed by atoms with Crippen molar-refractivity contribution < 1.29 is 58.7 Å². The van der Waals surface area contributed by atoms with Crippen LogP contribution in [0.25, 0.3) is 0 Å². The van der Waals surface area contributed by atoms with E-state index in [1.54, 1.807) is 6.92 Å². The first-order valence-electron chi connectivity index (χ1n) is 14.6. The minimum atomic E-state index is -1.43. The Labute approximate surface area is 229 Å². The first-order chi connectivity index (χ1) is 18.8. The van der Waals surface area contributed by atoms with E-state index in [4.69, 9.17) is 33.2 Å². The molecule has 5 N–H and O–H groups in total. The van der Waals surface area contributed by atoms with Gasteiger partial charge in [0.05, 0.1) is 31.5 Å². The molecule has 14 atom stereocenters. The third-order valence-electron chi connectivity index (χ3n) is 9.09. The molecule has 4 aliphatic heterocycles. The minimum Gasteiger partial charge on any atom is -0.394 e. The van der Waals surface area contributed by atoms with Crippen molar-refractivity contribution in [1.29, 1.82) is 0 Å². The monoisotopic (exact) mass is 562 g/mol. The van der Waals surface area contributed by atoms with Crippen LogP contribution in [0, 0.1) is 5.92 Å². The standard InChI is InChI=1S/C27H46O12/c1-3-15-7-6-8-16(22(15)38-25-21(32)20(31)18(29)14(2)35-25)36-26-24-23(19(30)17(13-28)37-26)39-27(10-12-34-27)9-4-5-11-33-24/h14-26,28-32H,3-13H2,1-2H3/t14?,15-,16-,17?,18-,19+,20?,21+,22?,23?,24?,25+,26-,27+/m1/s1. The molecule has 5 fully saturated rings. The van der Waals surface area contributed by atoms with Crippen LogP contribution >= 0.6 is 0 Å². The second-order valence-electron chi connectivity index (χ2n) is 11.7. The van der Waals surface area contributed by atoms with E-state index in [0.29, 0.717) is 26.1 Å². The molecule has 5 aliphatic rings. The molecule has 0 aromatic heterocycles. The Morgan fingerprint density at radius 3 is 2.31 bits per heavy atom. The molecule has 12 heteroatoms. The fourth-order valence-corrected chi connectivity index (χ4v) is 6.55. The van der Waals surface area contributed by atoms with Gasteiger partial charge in [-0.3, -0.25) is 0 Å². The normalized spacial score (nSPS) is 51.3. The van der Waals surface area contributed by atoms with Gasteiger partial charge >= 0.3 is 0 Å². The summed E-state index contributed by atoms with van der Waals surface area (Å²) in [6, 6.07) is 0. The van der Waals surface area contributed by atoms with Gasteiger partial charge in [0.15, 0.2) is 18.4 Å².